The molecule has 6 heteroatoms. The van der Waals surface area contributed by atoms with Crippen molar-refractivity contribution in [1.29, 1.82) is 0 Å². The normalized spacial score (nSPS) is 14.3. The zero-order valence-corrected chi connectivity index (χ0v) is 18.5. The number of hydrogen-bond donors (Lipinski definition) is 0. The summed E-state index contributed by atoms with van der Waals surface area (Å²) in [6.45, 7) is 5.54. The number of aryl methyl sites for hydroxylation is 1. The summed E-state index contributed by atoms with van der Waals surface area (Å²) in [5.74, 6) is 0. The quantitative estimate of drug-likeness (QED) is 0.408. The molecule has 1 aromatic carbocycles. The predicted molar refractivity (Wildman–Crippen MR) is 130 cm³/mol. The van der Waals surface area contributed by atoms with Gasteiger partial charge in [-0.15, -0.1) is 0 Å². The zero-order chi connectivity index (χ0) is 21.8. The second-order valence-corrected chi connectivity index (χ2v) is 8.14. The maximum Gasteiger partial charge on any atom is 0.110 e. The molecule has 6 nitrogen and oxygen atoms in total. The zero-order valence-electron chi connectivity index (χ0n) is 18.5. The fourth-order valence-corrected chi connectivity index (χ4v) is 4.62. The van der Waals surface area contributed by atoms with E-state index in [1.807, 2.05) is 24.7 Å². The Morgan fingerprint density at radius 3 is 2.47 bits per heavy atom. The number of benzene rings is 1. The molecular weight excluding hydrogens is 398 g/mol. The lowest BCUT2D eigenvalue weighted by atomic mass is 10.1. The number of methoxy groups -OCH3 is 1. The number of pyridine rings is 2. The van der Waals surface area contributed by atoms with Gasteiger partial charge in [-0.3, -0.25) is 9.97 Å². The van der Waals surface area contributed by atoms with Crippen LogP contribution in [0.25, 0.3) is 22.3 Å². The monoisotopic (exact) mass is 427 g/mol. The van der Waals surface area contributed by atoms with Crippen molar-refractivity contribution in [3.05, 3.63) is 73.2 Å². The first-order chi connectivity index (χ1) is 15.8. The molecule has 0 bridgehead atoms. The number of para-hydroxylation sites is 1. The number of nitrogens with zero attached hydrogens (tertiary/aromatic N) is 5. The Labute approximate surface area is 189 Å². The largest absolute Gasteiger partial charge is 0.385 e. The van der Waals surface area contributed by atoms with Gasteiger partial charge in [0, 0.05) is 81.6 Å². The number of ether oxygens (including phenoxy) is 1. The molecule has 0 amide bonds. The molecule has 164 valence electrons. The van der Waals surface area contributed by atoms with Gasteiger partial charge in [0.1, 0.15) is 5.69 Å². The summed E-state index contributed by atoms with van der Waals surface area (Å²) in [5, 5.41) is 1.25. The number of piperazine rings is 1. The predicted octanol–water partition coefficient (Wildman–Crippen LogP) is 4.46. The summed E-state index contributed by atoms with van der Waals surface area (Å²) in [5.41, 5.74) is 5.92. The van der Waals surface area contributed by atoms with Gasteiger partial charge in [0.2, 0.25) is 0 Å². The number of hydrogen-bond acceptors (Lipinski definition) is 5. The van der Waals surface area contributed by atoms with Crippen molar-refractivity contribution in [1.82, 2.24) is 14.5 Å². The fraction of sp³-hybridized carbons (Fsp3) is 0.308. The van der Waals surface area contributed by atoms with Crippen LogP contribution in [0.1, 0.15) is 6.42 Å². The van der Waals surface area contributed by atoms with E-state index in [1.165, 1.54) is 28.0 Å². The first-order valence-electron chi connectivity index (χ1n) is 11.3. The van der Waals surface area contributed by atoms with E-state index in [-0.39, 0.29) is 0 Å². The summed E-state index contributed by atoms with van der Waals surface area (Å²) in [6.07, 6.45) is 6.60. The highest BCUT2D eigenvalue weighted by molar-refractivity contribution is 5.89. The average Bonchev–Trinajstić information content (AvgIpc) is 3.23. The van der Waals surface area contributed by atoms with E-state index in [0.717, 1.165) is 51.4 Å². The SMILES string of the molecule is COCCCn1c(-c2ncccc2N2CCN(c3ccncc3)CC2)cc2ccccc21. The third-order valence-electron chi connectivity index (χ3n) is 6.22. The van der Waals surface area contributed by atoms with Crippen LogP contribution in [0.3, 0.4) is 0 Å². The van der Waals surface area contributed by atoms with Gasteiger partial charge in [0.05, 0.1) is 11.4 Å². The molecule has 1 saturated heterocycles. The summed E-state index contributed by atoms with van der Waals surface area (Å²) in [7, 11) is 1.76. The summed E-state index contributed by atoms with van der Waals surface area (Å²) >= 11 is 0. The van der Waals surface area contributed by atoms with E-state index >= 15 is 0 Å². The van der Waals surface area contributed by atoms with Crippen LogP contribution in [0, 0.1) is 0 Å². The Bertz CT molecular complexity index is 1170. The average molecular weight is 428 g/mol. The molecule has 4 heterocycles. The number of rotatable bonds is 7. The van der Waals surface area contributed by atoms with Crippen molar-refractivity contribution in [2.24, 2.45) is 0 Å². The van der Waals surface area contributed by atoms with Crippen molar-refractivity contribution in [3.8, 4) is 11.4 Å². The van der Waals surface area contributed by atoms with Crippen LogP contribution in [0.5, 0.6) is 0 Å². The fourth-order valence-electron chi connectivity index (χ4n) is 4.62. The third-order valence-corrected chi connectivity index (χ3v) is 6.22. The molecule has 5 rings (SSSR count). The van der Waals surface area contributed by atoms with E-state index in [1.54, 1.807) is 7.11 Å². The Kier molecular flexibility index (Phi) is 6.03. The second-order valence-electron chi connectivity index (χ2n) is 8.14. The first kappa shape index (κ1) is 20.5. The highest BCUT2D eigenvalue weighted by atomic mass is 16.5. The molecule has 3 aromatic heterocycles. The summed E-state index contributed by atoms with van der Waals surface area (Å²) in [4.78, 5) is 13.9. The number of aromatic nitrogens is 3. The van der Waals surface area contributed by atoms with E-state index in [0.29, 0.717) is 0 Å². The van der Waals surface area contributed by atoms with E-state index < -0.39 is 0 Å². The van der Waals surface area contributed by atoms with Crippen LogP contribution in [0.15, 0.2) is 73.2 Å². The highest BCUT2D eigenvalue weighted by Crippen LogP contribution is 2.34. The molecular formula is C26H29N5O. The Balaban J connectivity index is 1.45. The molecule has 32 heavy (non-hydrogen) atoms. The second kappa shape index (κ2) is 9.40. The molecule has 0 aliphatic carbocycles. The van der Waals surface area contributed by atoms with Gasteiger partial charge in [-0.25, -0.2) is 0 Å². The summed E-state index contributed by atoms with van der Waals surface area (Å²) < 4.78 is 7.71. The maximum atomic E-state index is 5.32. The van der Waals surface area contributed by atoms with Crippen LogP contribution in [0.4, 0.5) is 11.4 Å². The molecule has 1 fully saturated rings. The lowest BCUT2D eigenvalue weighted by Crippen LogP contribution is -2.46. The molecule has 1 aliphatic heterocycles. The van der Waals surface area contributed by atoms with Crippen molar-refractivity contribution in [2.75, 3.05) is 49.7 Å². The molecule has 1 aliphatic rings. The first-order valence-corrected chi connectivity index (χ1v) is 11.3. The van der Waals surface area contributed by atoms with Crippen LogP contribution >= 0.6 is 0 Å². The number of anilines is 2. The van der Waals surface area contributed by atoms with Crippen LogP contribution in [-0.2, 0) is 11.3 Å². The van der Waals surface area contributed by atoms with Crippen molar-refractivity contribution >= 4 is 22.3 Å². The molecule has 4 aromatic rings. The number of fused-ring (bicyclic) bond motifs is 1. The summed E-state index contributed by atoms with van der Waals surface area (Å²) in [6, 6.07) is 19.3. The van der Waals surface area contributed by atoms with E-state index in [2.05, 4.69) is 67.9 Å². The van der Waals surface area contributed by atoms with Crippen LogP contribution in [-0.4, -0.2) is 54.4 Å². The van der Waals surface area contributed by atoms with Gasteiger partial charge in [-0.1, -0.05) is 18.2 Å². The lowest BCUT2D eigenvalue weighted by Gasteiger charge is -2.37. The van der Waals surface area contributed by atoms with Crippen molar-refractivity contribution in [3.63, 3.8) is 0 Å². The molecule has 0 atom stereocenters. The van der Waals surface area contributed by atoms with Crippen LogP contribution < -0.4 is 9.80 Å². The van der Waals surface area contributed by atoms with Crippen LogP contribution in [0.2, 0.25) is 0 Å². The van der Waals surface area contributed by atoms with E-state index in [9.17, 15) is 0 Å². The molecule has 0 unspecified atom stereocenters. The molecule has 0 saturated carbocycles. The van der Waals surface area contributed by atoms with Crippen molar-refractivity contribution in [2.45, 2.75) is 13.0 Å². The Morgan fingerprint density at radius 1 is 0.875 bits per heavy atom. The minimum absolute atomic E-state index is 0.748. The topological polar surface area (TPSA) is 46.4 Å². The molecule has 0 radical (unpaired) electrons. The Hall–Kier alpha value is -3.38. The van der Waals surface area contributed by atoms with E-state index in [4.69, 9.17) is 9.72 Å². The van der Waals surface area contributed by atoms with Gasteiger partial charge in [-0.2, -0.15) is 0 Å². The van der Waals surface area contributed by atoms with Crippen molar-refractivity contribution < 1.29 is 4.74 Å². The van der Waals surface area contributed by atoms with Gasteiger partial charge < -0.3 is 19.1 Å². The minimum Gasteiger partial charge on any atom is -0.385 e. The Morgan fingerprint density at radius 2 is 1.66 bits per heavy atom. The van der Waals surface area contributed by atoms with Gasteiger partial charge in [0.25, 0.3) is 0 Å². The molecule has 0 spiro atoms. The molecule has 0 N–H and O–H groups in total. The maximum absolute atomic E-state index is 5.32. The highest BCUT2D eigenvalue weighted by Gasteiger charge is 2.22. The minimum atomic E-state index is 0.748. The third kappa shape index (κ3) is 4.06. The van der Waals surface area contributed by atoms with Gasteiger partial charge in [-0.05, 0) is 42.8 Å². The lowest BCUT2D eigenvalue weighted by molar-refractivity contribution is 0.191. The van der Waals surface area contributed by atoms with Gasteiger partial charge in [0.15, 0.2) is 0 Å². The smallest absolute Gasteiger partial charge is 0.110 e. The standard InChI is InChI=1S/C26H29N5O/c1-32-19-5-14-31-23-7-3-2-6-21(23)20-25(31)26-24(8-4-11-28-26)30-17-15-29(16-18-30)22-9-12-27-13-10-22/h2-4,6-13,20H,5,14-19H2,1H3. The van der Waals surface area contributed by atoms with Gasteiger partial charge >= 0.3 is 0 Å².